The molecule has 0 aliphatic heterocycles. The van der Waals surface area contributed by atoms with Gasteiger partial charge in [-0.1, -0.05) is 26.3 Å². The Morgan fingerprint density at radius 2 is 1.85 bits per heavy atom. The van der Waals surface area contributed by atoms with Gasteiger partial charge in [-0.05, 0) is 62.1 Å². The van der Waals surface area contributed by atoms with Crippen LogP contribution in [0.1, 0.15) is 45.6 Å². The number of aromatic nitrogens is 1. The number of unbranched alkanes of at least 4 members (excludes halogenated alkanes) is 1. The van der Waals surface area contributed by atoms with Crippen molar-refractivity contribution in [3.05, 3.63) is 48.2 Å². The van der Waals surface area contributed by atoms with Crippen LogP contribution in [0.15, 0.2) is 42.6 Å². The lowest BCUT2D eigenvalue weighted by Crippen LogP contribution is -2.22. The molecule has 1 aromatic heterocycles. The highest BCUT2D eigenvalue weighted by Gasteiger charge is 2.15. The average molecular weight is 355 g/mol. The van der Waals surface area contributed by atoms with Gasteiger partial charge < -0.3 is 9.47 Å². The molecule has 0 saturated carbocycles. The van der Waals surface area contributed by atoms with Gasteiger partial charge in [0.15, 0.2) is 0 Å². The van der Waals surface area contributed by atoms with Gasteiger partial charge in [-0.3, -0.25) is 9.78 Å². The van der Waals surface area contributed by atoms with Gasteiger partial charge in [-0.25, -0.2) is 0 Å². The molecule has 0 aliphatic carbocycles. The molecule has 2 aromatic rings. The van der Waals surface area contributed by atoms with Gasteiger partial charge in [0.25, 0.3) is 0 Å². The molecule has 1 atom stereocenters. The Bertz CT molecular complexity index is 665. The van der Waals surface area contributed by atoms with E-state index in [1.54, 1.807) is 12.1 Å². The second-order valence-corrected chi connectivity index (χ2v) is 6.58. The zero-order valence-corrected chi connectivity index (χ0v) is 16.0. The van der Waals surface area contributed by atoms with Crippen molar-refractivity contribution in [3.8, 4) is 17.0 Å². The molecule has 0 aliphatic rings. The van der Waals surface area contributed by atoms with Crippen molar-refractivity contribution < 1.29 is 14.3 Å². The van der Waals surface area contributed by atoms with Crippen LogP contribution < -0.4 is 4.74 Å². The first kappa shape index (κ1) is 20.1. The molecule has 1 aromatic carbocycles. The van der Waals surface area contributed by atoms with Crippen molar-refractivity contribution in [2.24, 2.45) is 5.92 Å². The van der Waals surface area contributed by atoms with Crippen LogP contribution in [0.25, 0.3) is 11.3 Å². The van der Waals surface area contributed by atoms with Gasteiger partial charge in [0.05, 0.1) is 18.2 Å². The summed E-state index contributed by atoms with van der Waals surface area (Å²) in [5.41, 5.74) is 3.19. The quantitative estimate of drug-likeness (QED) is 0.339. The first-order chi connectivity index (χ1) is 12.6. The monoisotopic (exact) mass is 355 g/mol. The fourth-order valence-electron chi connectivity index (χ4n) is 2.51. The first-order valence-corrected chi connectivity index (χ1v) is 9.48. The molecular weight excluding hydrogens is 326 g/mol. The first-order valence-electron chi connectivity index (χ1n) is 9.48. The number of aryl methyl sites for hydroxylation is 1. The van der Waals surface area contributed by atoms with Gasteiger partial charge in [-0.2, -0.15) is 0 Å². The molecular formula is C22H29NO3. The lowest BCUT2D eigenvalue weighted by Gasteiger charge is -2.11. The molecule has 0 radical (unpaired) electrons. The second kappa shape index (κ2) is 10.7. The average Bonchev–Trinajstić information content (AvgIpc) is 2.67. The Labute approximate surface area is 156 Å². The molecule has 26 heavy (non-hydrogen) atoms. The fraction of sp³-hybridized carbons (Fsp3) is 0.455. The Kier molecular flexibility index (Phi) is 8.29. The Morgan fingerprint density at radius 1 is 1.08 bits per heavy atom. The highest BCUT2D eigenvalue weighted by molar-refractivity contribution is 5.75. The van der Waals surface area contributed by atoms with Crippen LogP contribution in [0.5, 0.6) is 5.75 Å². The topological polar surface area (TPSA) is 48.4 Å². The van der Waals surface area contributed by atoms with Gasteiger partial charge >= 0.3 is 5.97 Å². The largest absolute Gasteiger partial charge is 0.426 e. The normalized spacial score (nSPS) is 12.0. The number of hydrogen-bond donors (Lipinski definition) is 0. The predicted octanol–water partition coefficient (Wildman–Crippen LogP) is 5.06. The van der Waals surface area contributed by atoms with Crippen LogP contribution in [-0.2, 0) is 16.0 Å². The van der Waals surface area contributed by atoms with Crippen LogP contribution in [0.3, 0.4) is 0 Å². The summed E-state index contributed by atoms with van der Waals surface area (Å²) in [6.07, 6.45) is 6.32. The van der Waals surface area contributed by atoms with Gasteiger partial charge in [-0.15, -0.1) is 0 Å². The van der Waals surface area contributed by atoms with Crippen molar-refractivity contribution >= 4 is 5.97 Å². The molecule has 0 amide bonds. The predicted molar refractivity (Wildman–Crippen MR) is 104 cm³/mol. The van der Waals surface area contributed by atoms with E-state index in [4.69, 9.17) is 9.47 Å². The number of pyridine rings is 1. The van der Waals surface area contributed by atoms with Crippen LogP contribution >= 0.6 is 0 Å². The van der Waals surface area contributed by atoms with E-state index in [9.17, 15) is 4.79 Å². The molecule has 0 bridgehead atoms. The minimum atomic E-state index is -0.279. The summed E-state index contributed by atoms with van der Waals surface area (Å²) >= 11 is 0. The van der Waals surface area contributed by atoms with Crippen LogP contribution in [0.2, 0.25) is 0 Å². The summed E-state index contributed by atoms with van der Waals surface area (Å²) in [5, 5.41) is 0. The smallest absolute Gasteiger partial charge is 0.316 e. The number of rotatable bonds is 10. The summed E-state index contributed by atoms with van der Waals surface area (Å²) < 4.78 is 10.8. The van der Waals surface area contributed by atoms with Gasteiger partial charge in [0.2, 0.25) is 0 Å². The number of carbonyl (C=O) groups excluding carboxylic acids is 1. The zero-order valence-electron chi connectivity index (χ0n) is 16.0. The highest BCUT2D eigenvalue weighted by Crippen LogP contribution is 2.22. The van der Waals surface area contributed by atoms with E-state index in [-0.39, 0.29) is 11.9 Å². The van der Waals surface area contributed by atoms with Crippen molar-refractivity contribution in [1.82, 2.24) is 4.98 Å². The van der Waals surface area contributed by atoms with Crippen molar-refractivity contribution in [3.63, 3.8) is 0 Å². The highest BCUT2D eigenvalue weighted by atomic mass is 16.5. The molecule has 0 saturated heterocycles. The van der Waals surface area contributed by atoms with Crippen molar-refractivity contribution in [2.45, 2.75) is 46.5 Å². The molecule has 0 spiro atoms. The number of benzene rings is 1. The Morgan fingerprint density at radius 3 is 2.46 bits per heavy atom. The summed E-state index contributed by atoms with van der Waals surface area (Å²) in [4.78, 5) is 16.6. The van der Waals surface area contributed by atoms with Crippen molar-refractivity contribution in [2.75, 3.05) is 13.2 Å². The summed E-state index contributed by atoms with van der Waals surface area (Å²) in [6, 6.07) is 11.6. The molecule has 0 fully saturated rings. The van der Waals surface area contributed by atoms with E-state index in [0.29, 0.717) is 19.0 Å². The van der Waals surface area contributed by atoms with Gasteiger partial charge in [0.1, 0.15) is 5.75 Å². The lowest BCUT2D eigenvalue weighted by molar-refractivity contribution is -0.140. The number of carbonyl (C=O) groups is 1. The number of esters is 1. The van der Waals surface area contributed by atoms with Crippen LogP contribution in [0.4, 0.5) is 0 Å². The third-order valence-corrected chi connectivity index (χ3v) is 4.13. The zero-order chi connectivity index (χ0) is 18.8. The van der Waals surface area contributed by atoms with E-state index in [1.807, 2.05) is 38.2 Å². The molecule has 4 nitrogen and oxygen atoms in total. The summed E-state index contributed by atoms with van der Waals surface area (Å²) in [6.45, 7) is 7.10. The van der Waals surface area contributed by atoms with Crippen LogP contribution in [0, 0.1) is 5.92 Å². The van der Waals surface area contributed by atoms with Crippen LogP contribution in [-0.4, -0.2) is 24.2 Å². The minimum absolute atomic E-state index is 0.271. The molecule has 2 rings (SSSR count). The molecule has 1 unspecified atom stereocenters. The van der Waals surface area contributed by atoms with Gasteiger partial charge in [0, 0.05) is 18.4 Å². The number of hydrogen-bond acceptors (Lipinski definition) is 4. The maximum atomic E-state index is 12.1. The second-order valence-electron chi connectivity index (χ2n) is 6.58. The van der Waals surface area contributed by atoms with Crippen molar-refractivity contribution in [1.29, 1.82) is 0 Å². The third-order valence-electron chi connectivity index (χ3n) is 4.13. The summed E-state index contributed by atoms with van der Waals surface area (Å²) in [5.74, 6) is -0.00790. The fourth-order valence-corrected chi connectivity index (χ4v) is 2.51. The third kappa shape index (κ3) is 6.26. The van der Waals surface area contributed by atoms with E-state index in [1.165, 1.54) is 18.4 Å². The van der Waals surface area contributed by atoms with E-state index in [0.717, 1.165) is 24.1 Å². The molecule has 0 N–H and O–H groups in total. The molecule has 4 heteroatoms. The lowest BCUT2D eigenvalue weighted by atomic mass is 10.1. The van der Waals surface area contributed by atoms with E-state index in [2.05, 4.69) is 18.0 Å². The van der Waals surface area contributed by atoms with E-state index < -0.39 is 0 Å². The Hall–Kier alpha value is -2.20. The number of ether oxygens (including phenoxy) is 2. The number of nitrogens with zero attached hydrogens (tertiary/aromatic N) is 1. The minimum Gasteiger partial charge on any atom is -0.426 e. The maximum Gasteiger partial charge on any atom is 0.316 e. The molecule has 140 valence electrons. The summed E-state index contributed by atoms with van der Waals surface area (Å²) in [7, 11) is 0. The standard InChI is InChI=1S/C22H29NO3/c1-4-6-7-18-8-13-21(23-15-18)19-9-11-20(12-10-19)26-22(24)17(3)16-25-14-5-2/h8-13,15,17H,4-7,14,16H2,1-3H3. The van der Waals surface area contributed by atoms with E-state index >= 15 is 0 Å². The SMILES string of the molecule is CCCCc1ccc(-c2ccc(OC(=O)C(C)COCCC)cc2)nc1. The maximum absolute atomic E-state index is 12.1. The molecule has 1 heterocycles. The Balaban J connectivity index is 1.92.